The highest BCUT2D eigenvalue weighted by Gasteiger charge is 2.11. The van der Waals surface area contributed by atoms with Gasteiger partial charge in [0.05, 0.1) is 0 Å². The Morgan fingerprint density at radius 1 is 1.13 bits per heavy atom. The molecule has 1 amide bonds. The molecule has 3 aromatic rings. The molecule has 0 aliphatic heterocycles. The molecule has 0 bridgehead atoms. The van der Waals surface area contributed by atoms with Gasteiger partial charge in [0.1, 0.15) is 5.56 Å². The van der Waals surface area contributed by atoms with E-state index in [0.717, 1.165) is 11.3 Å². The normalized spacial score (nSPS) is 10.5. The van der Waals surface area contributed by atoms with Crippen LogP contribution in [0.2, 0.25) is 0 Å². The van der Waals surface area contributed by atoms with Crippen molar-refractivity contribution < 1.29 is 4.79 Å². The van der Waals surface area contributed by atoms with Crippen molar-refractivity contribution in [3.05, 3.63) is 75.0 Å². The quantitative estimate of drug-likeness (QED) is 0.765. The number of anilines is 1. The summed E-state index contributed by atoms with van der Waals surface area (Å²) >= 11 is 1.66. The molecule has 3 rings (SSSR count). The molecule has 0 unspecified atom stereocenters. The molecule has 5 heteroatoms. The zero-order valence-corrected chi connectivity index (χ0v) is 13.7. The van der Waals surface area contributed by atoms with Crippen LogP contribution in [0.15, 0.2) is 52.6 Å². The number of nitrogens with one attached hydrogen (secondary N) is 2. The Morgan fingerprint density at radius 3 is 2.65 bits per heavy atom. The van der Waals surface area contributed by atoms with Crippen LogP contribution < -0.4 is 10.9 Å². The minimum atomic E-state index is -0.411. The predicted octanol–water partition coefficient (Wildman–Crippen LogP) is 3.97. The van der Waals surface area contributed by atoms with Crippen LogP contribution in [-0.4, -0.2) is 10.9 Å². The second kappa shape index (κ2) is 6.22. The molecule has 0 radical (unpaired) electrons. The fourth-order valence-electron chi connectivity index (χ4n) is 2.36. The molecule has 0 aliphatic rings. The number of aromatic amines is 1. The summed E-state index contributed by atoms with van der Waals surface area (Å²) in [5, 5.41) is 4.83. The number of H-pyrrole nitrogens is 1. The first kappa shape index (κ1) is 15.2. The number of rotatable bonds is 3. The van der Waals surface area contributed by atoms with Crippen LogP contribution in [0.1, 0.15) is 21.6 Å². The predicted molar refractivity (Wildman–Crippen MR) is 94.2 cm³/mol. The Labute approximate surface area is 137 Å². The summed E-state index contributed by atoms with van der Waals surface area (Å²) in [6.45, 7) is 3.83. The maximum absolute atomic E-state index is 12.3. The third kappa shape index (κ3) is 3.24. The molecule has 2 aromatic heterocycles. The summed E-state index contributed by atoms with van der Waals surface area (Å²) in [5.41, 5.74) is 3.37. The Bertz CT molecular complexity index is 925. The number of aromatic nitrogens is 1. The molecule has 2 N–H and O–H groups in total. The van der Waals surface area contributed by atoms with Gasteiger partial charge >= 0.3 is 0 Å². The minimum Gasteiger partial charge on any atom is -0.326 e. The highest BCUT2D eigenvalue weighted by Crippen LogP contribution is 2.30. The molecule has 0 atom stereocenters. The number of carbonyl (C=O) groups is 1. The Hall–Kier alpha value is -2.66. The minimum absolute atomic E-state index is 0.105. The number of carbonyl (C=O) groups excluding carboxylic acids is 1. The van der Waals surface area contributed by atoms with Crippen molar-refractivity contribution in [1.29, 1.82) is 0 Å². The van der Waals surface area contributed by atoms with Crippen LogP contribution in [0.25, 0.3) is 10.4 Å². The lowest BCUT2D eigenvalue weighted by atomic mass is 10.1. The number of amides is 1. The SMILES string of the molecule is Cc1ccc(C(=O)Nc2cccc(-c3sccc3C)c2)c(=O)[nH]1. The smallest absolute Gasteiger partial charge is 0.261 e. The largest absolute Gasteiger partial charge is 0.326 e. The second-order valence-electron chi connectivity index (χ2n) is 5.35. The molecule has 2 heterocycles. The second-order valence-corrected chi connectivity index (χ2v) is 6.27. The van der Waals surface area contributed by atoms with Gasteiger partial charge in [-0.1, -0.05) is 12.1 Å². The lowest BCUT2D eigenvalue weighted by molar-refractivity contribution is 0.102. The van der Waals surface area contributed by atoms with Gasteiger partial charge in [-0.2, -0.15) is 0 Å². The van der Waals surface area contributed by atoms with Crippen molar-refractivity contribution in [1.82, 2.24) is 4.98 Å². The van der Waals surface area contributed by atoms with E-state index >= 15 is 0 Å². The average molecular weight is 324 g/mol. The molecule has 0 saturated carbocycles. The van der Waals surface area contributed by atoms with E-state index in [9.17, 15) is 9.59 Å². The molecule has 0 saturated heterocycles. The first-order valence-corrected chi connectivity index (χ1v) is 8.08. The summed E-state index contributed by atoms with van der Waals surface area (Å²) in [6, 6.07) is 12.9. The van der Waals surface area contributed by atoms with Gasteiger partial charge in [-0.25, -0.2) is 0 Å². The summed E-state index contributed by atoms with van der Waals surface area (Å²) < 4.78 is 0. The van der Waals surface area contributed by atoms with Crippen molar-refractivity contribution in [3.63, 3.8) is 0 Å². The third-order valence-electron chi connectivity index (χ3n) is 3.54. The van der Waals surface area contributed by atoms with Gasteiger partial charge in [0.2, 0.25) is 0 Å². The van der Waals surface area contributed by atoms with Crippen molar-refractivity contribution in [2.75, 3.05) is 5.32 Å². The van der Waals surface area contributed by atoms with E-state index < -0.39 is 5.91 Å². The maximum atomic E-state index is 12.3. The van der Waals surface area contributed by atoms with E-state index in [1.54, 1.807) is 24.3 Å². The fourth-order valence-corrected chi connectivity index (χ4v) is 3.28. The van der Waals surface area contributed by atoms with Gasteiger partial charge in [-0.05, 0) is 60.7 Å². The monoisotopic (exact) mass is 324 g/mol. The van der Waals surface area contributed by atoms with Crippen molar-refractivity contribution >= 4 is 22.9 Å². The lowest BCUT2D eigenvalue weighted by Crippen LogP contribution is -2.23. The van der Waals surface area contributed by atoms with Gasteiger partial charge < -0.3 is 10.3 Å². The molecule has 0 aliphatic carbocycles. The lowest BCUT2D eigenvalue weighted by Gasteiger charge is -2.07. The highest BCUT2D eigenvalue weighted by molar-refractivity contribution is 7.13. The number of hydrogen-bond acceptors (Lipinski definition) is 3. The van der Waals surface area contributed by atoms with Crippen LogP contribution in [0.5, 0.6) is 0 Å². The van der Waals surface area contributed by atoms with Crippen molar-refractivity contribution in [3.8, 4) is 10.4 Å². The summed E-state index contributed by atoms with van der Waals surface area (Å²) in [5.74, 6) is -0.411. The average Bonchev–Trinajstić information content (AvgIpc) is 2.93. The topological polar surface area (TPSA) is 62.0 Å². The summed E-state index contributed by atoms with van der Waals surface area (Å²) in [7, 11) is 0. The molecule has 4 nitrogen and oxygen atoms in total. The molecule has 116 valence electrons. The van der Waals surface area contributed by atoms with Crippen molar-refractivity contribution in [2.24, 2.45) is 0 Å². The van der Waals surface area contributed by atoms with E-state index in [1.165, 1.54) is 16.5 Å². The van der Waals surface area contributed by atoms with Crippen LogP contribution >= 0.6 is 11.3 Å². The fraction of sp³-hybridized carbons (Fsp3) is 0.111. The number of benzene rings is 1. The first-order chi connectivity index (χ1) is 11.0. The Kier molecular flexibility index (Phi) is 4.12. The molecular formula is C18H16N2O2S. The number of pyridine rings is 1. The zero-order chi connectivity index (χ0) is 16.4. The third-order valence-corrected chi connectivity index (χ3v) is 4.61. The summed E-state index contributed by atoms with van der Waals surface area (Å²) in [6.07, 6.45) is 0. The van der Waals surface area contributed by atoms with E-state index in [2.05, 4.69) is 23.3 Å². The molecule has 23 heavy (non-hydrogen) atoms. The summed E-state index contributed by atoms with van der Waals surface area (Å²) in [4.78, 5) is 27.9. The van der Waals surface area contributed by atoms with Gasteiger partial charge in [0, 0.05) is 16.3 Å². The van der Waals surface area contributed by atoms with E-state index in [-0.39, 0.29) is 11.1 Å². The van der Waals surface area contributed by atoms with E-state index in [0.29, 0.717) is 5.69 Å². The van der Waals surface area contributed by atoms with Crippen LogP contribution in [0, 0.1) is 13.8 Å². The number of hydrogen-bond donors (Lipinski definition) is 2. The van der Waals surface area contributed by atoms with E-state index in [1.807, 2.05) is 29.6 Å². The Balaban J connectivity index is 1.87. The van der Waals surface area contributed by atoms with Crippen LogP contribution in [0.3, 0.4) is 0 Å². The number of thiophene rings is 1. The van der Waals surface area contributed by atoms with Gasteiger partial charge in [0.25, 0.3) is 11.5 Å². The molecule has 1 aromatic carbocycles. The molecular weight excluding hydrogens is 308 g/mol. The van der Waals surface area contributed by atoms with Gasteiger partial charge in [-0.3, -0.25) is 9.59 Å². The molecule has 0 fully saturated rings. The van der Waals surface area contributed by atoms with Crippen molar-refractivity contribution in [2.45, 2.75) is 13.8 Å². The number of aryl methyl sites for hydroxylation is 2. The standard InChI is InChI=1S/C18H16N2O2S/c1-11-8-9-23-16(11)13-4-3-5-14(10-13)20-18(22)15-7-6-12(2)19-17(15)21/h3-10H,1-2H3,(H,19,21)(H,20,22). The Morgan fingerprint density at radius 2 is 1.96 bits per heavy atom. The maximum Gasteiger partial charge on any atom is 0.261 e. The van der Waals surface area contributed by atoms with Crippen LogP contribution in [0.4, 0.5) is 5.69 Å². The molecule has 0 spiro atoms. The van der Waals surface area contributed by atoms with Gasteiger partial charge in [0.15, 0.2) is 0 Å². The zero-order valence-electron chi connectivity index (χ0n) is 12.8. The van der Waals surface area contributed by atoms with Crippen LogP contribution in [-0.2, 0) is 0 Å². The first-order valence-electron chi connectivity index (χ1n) is 7.20. The van der Waals surface area contributed by atoms with Gasteiger partial charge in [-0.15, -0.1) is 11.3 Å². The highest BCUT2D eigenvalue weighted by atomic mass is 32.1. The van der Waals surface area contributed by atoms with E-state index in [4.69, 9.17) is 0 Å².